The summed E-state index contributed by atoms with van der Waals surface area (Å²) in [5.41, 5.74) is 3.47. The summed E-state index contributed by atoms with van der Waals surface area (Å²) in [5.74, 6) is -3.73. The number of carbonyl (C=O) groups is 3. The van der Waals surface area contributed by atoms with Crippen LogP contribution in [-0.4, -0.2) is 105 Å². The molecule has 3 saturated heterocycles. The molecule has 1 unspecified atom stereocenters. The maximum atomic E-state index is 15.2. The third-order valence-corrected chi connectivity index (χ3v) is 13.4. The van der Waals surface area contributed by atoms with Gasteiger partial charge in [0, 0.05) is 82.2 Å². The van der Waals surface area contributed by atoms with Gasteiger partial charge in [0.05, 0.1) is 46.3 Å². The average molecular weight is 870 g/mol. The van der Waals surface area contributed by atoms with Crippen LogP contribution < -0.4 is 36.0 Å². The summed E-state index contributed by atoms with van der Waals surface area (Å²) in [4.78, 5) is 67.1. The number of imide groups is 1. The van der Waals surface area contributed by atoms with Crippen molar-refractivity contribution in [2.24, 2.45) is 25.9 Å². The van der Waals surface area contributed by atoms with Gasteiger partial charge in [-0.1, -0.05) is 23.7 Å². The Balaban J connectivity index is 0.791. The van der Waals surface area contributed by atoms with Gasteiger partial charge in [-0.15, -0.1) is 0 Å². The van der Waals surface area contributed by atoms with Gasteiger partial charge in [-0.3, -0.25) is 29.2 Å². The molecule has 1 aliphatic carbocycles. The maximum absolute atomic E-state index is 15.2. The van der Waals surface area contributed by atoms with Crippen molar-refractivity contribution in [2.45, 2.75) is 56.4 Å². The van der Waals surface area contributed by atoms with E-state index in [4.69, 9.17) is 26.4 Å². The van der Waals surface area contributed by atoms with Crippen molar-refractivity contribution >= 4 is 80.0 Å². The Morgan fingerprint density at radius 3 is 2.47 bits per heavy atom. The number of fused-ring (bicyclic) bond motifs is 4. The maximum Gasteiger partial charge on any atom is 0.301 e. The van der Waals surface area contributed by atoms with Crippen LogP contribution in [0, 0.1) is 11.8 Å². The second-order valence-corrected chi connectivity index (χ2v) is 17.5. The number of hydrogen-bond acceptors (Lipinski definition) is 12. The van der Waals surface area contributed by atoms with Gasteiger partial charge < -0.3 is 34.6 Å². The Kier molecular flexibility index (Phi) is 9.95. The number of pyridine rings is 1. The highest BCUT2D eigenvalue weighted by molar-refractivity contribution is 6.33. The highest BCUT2D eigenvalue weighted by Crippen LogP contribution is 2.46. The van der Waals surface area contributed by atoms with E-state index in [-0.39, 0.29) is 52.4 Å². The van der Waals surface area contributed by atoms with Gasteiger partial charge in [0.15, 0.2) is 12.4 Å². The third kappa shape index (κ3) is 7.10. The summed E-state index contributed by atoms with van der Waals surface area (Å²) >= 11 is 6.61. The van der Waals surface area contributed by atoms with Gasteiger partial charge in [0.25, 0.3) is 5.56 Å². The monoisotopic (exact) mass is 869 g/mol. The van der Waals surface area contributed by atoms with E-state index in [9.17, 15) is 19.2 Å². The number of aromatic nitrogens is 5. The number of anilines is 5. The van der Waals surface area contributed by atoms with Crippen LogP contribution in [0.4, 0.5) is 37.6 Å². The van der Waals surface area contributed by atoms with E-state index in [1.807, 2.05) is 39.7 Å². The number of amides is 3. The number of halogens is 3. The average Bonchev–Trinajstić information content (AvgIpc) is 4.07. The molecule has 7 heterocycles. The van der Waals surface area contributed by atoms with Crippen LogP contribution in [-0.2, 0) is 28.5 Å². The summed E-state index contributed by atoms with van der Waals surface area (Å²) in [5, 5.41) is 15.2. The number of hydrogen-bond donors (Lipinski definition) is 3. The normalized spacial score (nSPS) is 21.9. The highest BCUT2D eigenvalue weighted by Gasteiger charge is 2.51. The fourth-order valence-electron chi connectivity index (χ4n) is 9.58. The molecule has 4 aliphatic heterocycles. The summed E-state index contributed by atoms with van der Waals surface area (Å²) in [6, 6.07) is 10.1. The van der Waals surface area contributed by atoms with Crippen molar-refractivity contribution in [3.05, 3.63) is 63.7 Å². The van der Waals surface area contributed by atoms with Crippen LogP contribution in [0.5, 0.6) is 5.75 Å². The number of carbonyl (C=O) groups excluding carboxylic acids is 3. The van der Waals surface area contributed by atoms with E-state index in [0.29, 0.717) is 105 Å². The van der Waals surface area contributed by atoms with Gasteiger partial charge in [-0.25, -0.2) is 13.8 Å². The topological polar surface area (TPSA) is 172 Å². The molecular formula is C43H46ClF2N11O5. The summed E-state index contributed by atoms with van der Waals surface area (Å²) < 4.78 is 39.0. The van der Waals surface area contributed by atoms with Crippen LogP contribution >= 0.6 is 11.6 Å². The van der Waals surface area contributed by atoms with Crippen molar-refractivity contribution in [2.75, 3.05) is 66.3 Å². The lowest BCUT2D eigenvalue weighted by Crippen LogP contribution is -2.51. The number of rotatable bonds is 7. The first-order valence-corrected chi connectivity index (χ1v) is 21.5. The summed E-state index contributed by atoms with van der Waals surface area (Å²) in [7, 11) is 3.46. The number of piperidine rings is 2. The molecule has 3 amide bonds. The van der Waals surface area contributed by atoms with Crippen LogP contribution in [0.15, 0.2) is 47.4 Å². The Hall–Kier alpha value is -6.04. The fourth-order valence-corrected chi connectivity index (χ4v) is 9.72. The van der Waals surface area contributed by atoms with Crippen LogP contribution in [0.3, 0.4) is 0 Å². The molecule has 5 aliphatic rings. The van der Waals surface area contributed by atoms with E-state index in [1.165, 1.54) is 10.8 Å². The van der Waals surface area contributed by atoms with Gasteiger partial charge in [0.2, 0.25) is 29.4 Å². The predicted octanol–water partition coefficient (Wildman–Crippen LogP) is 4.92. The van der Waals surface area contributed by atoms with Crippen molar-refractivity contribution in [1.29, 1.82) is 0 Å². The minimum absolute atomic E-state index is 0.131. The number of alkyl halides is 2. The molecule has 19 heteroatoms. The molecule has 324 valence electrons. The molecule has 3 aromatic heterocycles. The van der Waals surface area contributed by atoms with E-state index in [1.54, 1.807) is 25.2 Å². The second kappa shape index (κ2) is 15.4. The third-order valence-electron chi connectivity index (χ3n) is 13.1. The first-order valence-electron chi connectivity index (χ1n) is 21.2. The number of para-hydroxylation sites is 1. The van der Waals surface area contributed by atoms with Gasteiger partial charge in [-0.05, 0) is 62.3 Å². The Bertz CT molecular complexity index is 2710. The second-order valence-electron chi connectivity index (χ2n) is 17.1. The zero-order valence-electron chi connectivity index (χ0n) is 34.3. The molecule has 0 bridgehead atoms. The Morgan fingerprint density at radius 2 is 1.73 bits per heavy atom. The quantitative estimate of drug-likeness (QED) is 0.189. The molecule has 0 radical (unpaired) electrons. The van der Waals surface area contributed by atoms with Crippen molar-refractivity contribution in [3.63, 3.8) is 0 Å². The van der Waals surface area contributed by atoms with Gasteiger partial charge in [0.1, 0.15) is 5.02 Å². The van der Waals surface area contributed by atoms with Gasteiger partial charge >= 0.3 is 5.92 Å². The molecule has 62 heavy (non-hydrogen) atoms. The predicted molar refractivity (Wildman–Crippen MR) is 230 cm³/mol. The van der Waals surface area contributed by atoms with Crippen molar-refractivity contribution in [3.8, 4) is 5.75 Å². The molecule has 3 N–H and O–H groups in total. The molecule has 0 spiro atoms. The standard InChI is InChI=1S/C43H46ClF2N11O5/c1-53-30-10-8-25(20-28(30)34-36(41(53)61)62-22-43(45,46)37(50-34)23-6-7-23)48-38-29(44)21-47-42(51-38)57-14-12-24(13-15-57)40(60)56-18-16-55(17-19-56)31-5-3-4-26-33(52-54(2)35(26)31)27-9-11-32(58)49-39(27)59/h3-5,8,10,20-21,23-24,27,37,50H,6-7,9,11-19,22H2,1-2H3,(H,47,48,51)(H,49,58,59)/t27?,37-/m0/s1. The van der Waals surface area contributed by atoms with Crippen molar-refractivity contribution < 1.29 is 27.9 Å². The number of piperazine rings is 1. The number of benzene rings is 2. The zero-order chi connectivity index (χ0) is 43.0. The number of nitrogens with zero attached hydrogens (tertiary/aromatic N) is 8. The molecule has 16 nitrogen and oxygen atoms in total. The molecule has 10 rings (SSSR count). The first-order chi connectivity index (χ1) is 29.8. The zero-order valence-corrected chi connectivity index (χ0v) is 35.1. The lowest BCUT2D eigenvalue weighted by Gasteiger charge is -2.39. The van der Waals surface area contributed by atoms with E-state index in [2.05, 4.69) is 25.8 Å². The number of nitrogens with one attached hydrogen (secondary N) is 3. The largest absolute Gasteiger partial charge is 0.480 e. The van der Waals surface area contributed by atoms with E-state index in [0.717, 1.165) is 16.6 Å². The number of ether oxygens (including phenoxy) is 1. The molecule has 2 atom stereocenters. The molecule has 2 aromatic carbocycles. The number of aryl methyl sites for hydroxylation is 2. The smallest absolute Gasteiger partial charge is 0.301 e. The lowest BCUT2D eigenvalue weighted by atomic mass is 9.92. The first kappa shape index (κ1) is 40.1. The summed E-state index contributed by atoms with van der Waals surface area (Å²) in [6.07, 6.45) is 4.87. The Morgan fingerprint density at radius 1 is 0.952 bits per heavy atom. The molecular weight excluding hydrogens is 824 g/mol. The SMILES string of the molecule is Cn1nc(C2CCC(=O)NC2=O)c2cccc(N3CCN(C(=O)C4CCN(c5ncc(Cl)c(Nc6ccc7c(c6)c6c(c(=O)n7C)OCC(F)(F)[C@H](C7CC7)N6)n5)CC4)CC3)c21. The fraction of sp³-hybridized carbons (Fsp3) is 0.465. The molecule has 4 fully saturated rings. The highest BCUT2D eigenvalue weighted by atomic mass is 35.5. The van der Waals surface area contributed by atoms with Gasteiger partial charge in [-0.2, -0.15) is 10.1 Å². The van der Waals surface area contributed by atoms with Crippen LogP contribution in [0.25, 0.3) is 21.8 Å². The van der Waals surface area contributed by atoms with Crippen molar-refractivity contribution in [1.82, 2.24) is 34.5 Å². The Labute approximate surface area is 359 Å². The molecule has 1 saturated carbocycles. The summed E-state index contributed by atoms with van der Waals surface area (Å²) in [6.45, 7) is 2.72. The van der Waals surface area contributed by atoms with Crippen LogP contribution in [0.2, 0.25) is 5.02 Å². The van der Waals surface area contributed by atoms with E-state index >= 15 is 8.78 Å². The minimum atomic E-state index is -3.15. The van der Waals surface area contributed by atoms with Crippen LogP contribution in [0.1, 0.15) is 50.1 Å². The van der Waals surface area contributed by atoms with E-state index < -0.39 is 30.0 Å². The molecule has 5 aromatic rings. The lowest BCUT2D eigenvalue weighted by molar-refractivity contribution is -0.137. The minimum Gasteiger partial charge on any atom is -0.480 e.